The van der Waals surface area contributed by atoms with Gasteiger partial charge < -0.3 is 5.41 Å². The van der Waals surface area contributed by atoms with Crippen molar-refractivity contribution < 1.29 is 0 Å². The van der Waals surface area contributed by atoms with Crippen LogP contribution in [0.1, 0.15) is 25.0 Å². The average molecular weight is 483 g/mol. The van der Waals surface area contributed by atoms with E-state index in [2.05, 4.69) is 33.8 Å². The summed E-state index contributed by atoms with van der Waals surface area (Å²) < 4.78 is 9.08. The molecule has 0 amide bonds. The van der Waals surface area contributed by atoms with Crippen LogP contribution in [-0.2, 0) is 0 Å². The molecular formula is C18H14N2S7. The number of thiophene rings is 1. The Labute approximate surface area is 188 Å². The third kappa shape index (κ3) is 3.63. The predicted octanol–water partition coefficient (Wildman–Crippen LogP) is 6.70. The maximum absolute atomic E-state index is 9.29. The Kier molecular flexibility index (Phi) is 5.97. The molecule has 4 rings (SSSR count). The van der Waals surface area contributed by atoms with Crippen LogP contribution in [0.5, 0.6) is 0 Å². The maximum Gasteiger partial charge on any atom is 0.102 e. The second-order valence-electron chi connectivity index (χ2n) is 5.84. The second kappa shape index (κ2) is 7.98. The molecule has 0 radical (unpaired) electrons. The fourth-order valence-corrected chi connectivity index (χ4v) is 13.2. The molecule has 3 aliphatic heterocycles. The largest absolute Gasteiger partial charge is 0.307 e. The first kappa shape index (κ1) is 20.2. The van der Waals surface area contributed by atoms with Gasteiger partial charge >= 0.3 is 0 Å². The van der Waals surface area contributed by atoms with E-state index < -0.39 is 0 Å². The monoisotopic (exact) mass is 482 g/mol. The highest BCUT2D eigenvalue weighted by Crippen LogP contribution is 2.69. The van der Waals surface area contributed by atoms with Crippen molar-refractivity contribution in [2.24, 2.45) is 0 Å². The fourth-order valence-electron chi connectivity index (χ4n) is 2.48. The van der Waals surface area contributed by atoms with Crippen LogP contribution in [0.15, 0.2) is 26.8 Å². The zero-order valence-corrected chi connectivity index (χ0v) is 20.6. The Hall–Kier alpha value is -0.0800. The van der Waals surface area contributed by atoms with Crippen molar-refractivity contribution >= 4 is 97.9 Å². The number of hydrogen-bond acceptors (Lipinski definition) is 9. The SMILES string of the molecule is CC1=C(C)SC(=C2SC3=C(S2)SC(=c2s/c(=C(/C#N)C=N)c(C)c2C)S3)S1. The highest BCUT2D eigenvalue weighted by molar-refractivity contribution is 8.52. The summed E-state index contributed by atoms with van der Waals surface area (Å²) in [6, 6.07) is 2.15. The molecular weight excluding hydrogens is 469 g/mol. The number of nitriles is 1. The van der Waals surface area contributed by atoms with E-state index in [1.54, 1.807) is 11.3 Å². The van der Waals surface area contributed by atoms with Crippen molar-refractivity contribution in [1.29, 1.82) is 10.7 Å². The summed E-state index contributed by atoms with van der Waals surface area (Å²) in [4.78, 5) is 2.83. The summed E-state index contributed by atoms with van der Waals surface area (Å²) in [5.41, 5.74) is 2.80. The molecule has 3 aliphatic rings. The molecule has 0 bridgehead atoms. The topological polar surface area (TPSA) is 47.6 Å². The maximum atomic E-state index is 9.29. The Balaban J connectivity index is 1.65. The van der Waals surface area contributed by atoms with Crippen molar-refractivity contribution in [3.05, 3.63) is 47.0 Å². The van der Waals surface area contributed by atoms with E-state index in [-0.39, 0.29) is 0 Å². The van der Waals surface area contributed by atoms with Gasteiger partial charge in [0, 0.05) is 6.21 Å². The average Bonchev–Trinajstić information content (AvgIpc) is 3.36. The standard InChI is InChI=1S/C18H14N2S7/c1-7-8(2)13(23-12(7)11(5-19)6-20)14-24-17-18(25-14)27-16(26-17)15-21-9(3)10(4)22-15/h5,19H,1-4H3/b12-11+,19-5?. The molecule has 0 saturated carbocycles. The molecule has 27 heavy (non-hydrogen) atoms. The molecule has 0 aliphatic carbocycles. The summed E-state index contributed by atoms with van der Waals surface area (Å²) in [6.07, 6.45) is 1.17. The van der Waals surface area contributed by atoms with Gasteiger partial charge in [-0.15, -0.1) is 11.3 Å². The smallest absolute Gasteiger partial charge is 0.102 e. The van der Waals surface area contributed by atoms with Crippen LogP contribution in [0, 0.1) is 30.6 Å². The lowest BCUT2D eigenvalue weighted by Gasteiger charge is -2.05. The van der Waals surface area contributed by atoms with Gasteiger partial charge in [-0.25, -0.2) is 0 Å². The van der Waals surface area contributed by atoms with Gasteiger partial charge in [-0.05, 0) is 48.6 Å². The van der Waals surface area contributed by atoms with Gasteiger partial charge in [-0.1, -0.05) is 70.6 Å². The van der Waals surface area contributed by atoms with Gasteiger partial charge in [-0.2, -0.15) is 5.26 Å². The minimum Gasteiger partial charge on any atom is -0.307 e. The molecule has 0 unspecified atom stereocenters. The number of thioether (sulfide) groups is 6. The first-order chi connectivity index (χ1) is 12.9. The normalized spacial score (nSPS) is 20.6. The van der Waals surface area contributed by atoms with E-state index in [0.29, 0.717) is 5.57 Å². The van der Waals surface area contributed by atoms with Gasteiger partial charge in [-0.3, -0.25) is 0 Å². The molecule has 9 heteroatoms. The van der Waals surface area contributed by atoms with Gasteiger partial charge in [0.05, 0.1) is 35.8 Å². The lowest BCUT2D eigenvalue weighted by Crippen LogP contribution is -2.03. The van der Waals surface area contributed by atoms with Crippen LogP contribution in [0.4, 0.5) is 0 Å². The van der Waals surface area contributed by atoms with E-state index in [9.17, 15) is 5.26 Å². The van der Waals surface area contributed by atoms with E-state index in [1.165, 1.54) is 47.3 Å². The first-order valence-corrected chi connectivity index (χ1v) is 13.6. The molecule has 0 fully saturated rings. The molecule has 2 nitrogen and oxygen atoms in total. The summed E-state index contributed by atoms with van der Waals surface area (Å²) in [7, 11) is 0. The van der Waals surface area contributed by atoms with Crippen LogP contribution >= 0.6 is 81.9 Å². The number of allylic oxidation sites excluding steroid dienone is 2. The van der Waals surface area contributed by atoms with Gasteiger partial charge in [0.1, 0.15) is 6.07 Å². The molecule has 1 aromatic heterocycles. The van der Waals surface area contributed by atoms with Crippen LogP contribution < -0.4 is 9.06 Å². The quantitative estimate of drug-likeness (QED) is 0.447. The summed E-state index contributed by atoms with van der Waals surface area (Å²) in [5.74, 6) is 0. The number of nitrogens with zero attached hydrogens (tertiary/aromatic N) is 1. The van der Waals surface area contributed by atoms with Crippen molar-refractivity contribution in [3.8, 4) is 6.07 Å². The van der Waals surface area contributed by atoms with Gasteiger partial charge in [0.15, 0.2) is 0 Å². The molecule has 0 saturated heterocycles. The summed E-state index contributed by atoms with van der Waals surface area (Å²) >= 11 is 13.0. The van der Waals surface area contributed by atoms with Gasteiger partial charge in [0.25, 0.3) is 0 Å². The van der Waals surface area contributed by atoms with E-state index >= 15 is 0 Å². The molecule has 0 atom stereocenters. The van der Waals surface area contributed by atoms with Crippen LogP contribution in [0.3, 0.4) is 0 Å². The summed E-state index contributed by atoms with van der Waals surface area (Å²) in [6.45, 7) is 8.57. The Morgan fingerprint density at radius 2 is 1.26 bits per heavy atom. The Bertz CT molecular complexity index is 1100. The third-order valence-corrected chi connectivity index (χ3v) is 14.7. The lowest BCUT2D eigenvalue weighted by atomic mass is 10.2. The Morgan fingerprint density at radius 1 is 0.778 bits per heavy atom. The van der Waals surface area contributed by atoms with E-state index in [4.69, 9.17) is 5.41 Å². The lowest BCUT2D eigenvalue weighted by molar-refractivity contribution is 1.36. The van der Waals surface area contributed by atoms with E-state index in [0.717, 1.165) is 10.1 Å². The molecule has 138 valence electrons. The minimum atomic E-state index is 0.449. The third-order valence-electron chi connectivity index (χ3n) is 4.20. The predicted molar refractivity (Wildman–Crippen MR) is 132 cm³/mol. The van der Waals surface area contributed by atoms with Crippen LogP contribution in [-0.4, -0.2) is 6.21 Å². The second-order valence-corrected chi connectivity index (χ2v) is 14.7. The van der Waals surface area contributed by atoms with Crippen molar-refractivity contribution in [1.82, 2.24) is 0 Å². The molecule has 0 aromatic carbocycles. The molecule has 0 spiro atoms. The Morgan fingerprint density at radius 3 is 1.74 bits per heavy atom. The number of nitrogens with one attached hydrogen (secondary N) is 1. The highest BCUT2D eigenvalue weighted by atomic mass is 32.3. The van der Waals surface area contributed by atoms with Gasteiger partial charge in [0.2, 0.25) is 0 Å². The molecule has 4 heterocycles. The summed E-state index contributed by atoms with van der Waals surface area (Å²) in [5, 5.41) is 16.8. The molecule has 1 aromatic rings. The zero-order chi connectivity index (χ0) is 19.3. The highest BCUT2D eigenvalue weighted by Gasteiger charge is 2.34. The number of hydrogen-bond donors (Lipinski definition) is 1. The zero-order valence-electron chi connectivity index (χ0n) is 14.9. The van der Waals surface area contributed by atoms with Crippen molar-refractivity contribution in [2.45, 2.75) is 27.7 Å². The number of rotatable bonds is 1. The van der Waals surface area contributed by atoms with Crippen LogP contribution in [0.2, 0.25) is 0 Å². The molecule has 1 N–H and O–H groups in total. The first-order valence-electron chi connectivity index (χ1n) is 7.91. The van der Waals surface area contributed by atoms with Crippen molar-refractivity contribution in [3.63, 3.8) is 0 Å². The van der Waals surface area contributed by atoms with Crippen molar-refractivity contribution in [2.75, 3.05) is 0 Å². The fraction of sp³-hybridized carbons (Fsp3) is 0.222. The van der Waals surface area contributed by atoms with E-state index in [1.807, 2.05) is 70.6 Å². The van der Waals surface area contributed by atoms with Crippen LogP contribution in [0.25, 0.3) is 9.81 Å². The minimum absolute atomic E-state index is 0.449.